The van der Waals surface area contributed by atoms with Crippen LogP contribution in [0.15, 0.2) is 60.9 Å². The van der Waals surface area contributed by atoms with Crippen molar-refractivity contribution in [3.05, 3.63) is 66.5 Å². The molecule has 6 heteroatoms. The Morgan fingerprint density at radius 2 is 1.57 bits per heavy atom. The molecule has 0 spiro atoms. The minimum Gasteiger partial charge on any atom is -0.497 e. The number of carbonyl (C=O) groups excluding carboxylic acids is 1. The fourth-order valence-electron chi connectivity index (χ4n) is 3.24. The number of hydrogen-bond acceptors (Lipinski definition) is 5. The van der Waals surface area contributed by atoms with Crippen molar-refractivity contribution in [3.63, 3.8) is 0 Å². The monoisotopic (exact) mass is 374 g/mol. The summed E-state index contributed by atoms with van der Waals surface area (Å²) in [6.45, 7) is 2.05. The molecule has 0 atom stereocenters. The van der Waals surface area contributed by atoms with Crippen molar-refractivity contribution in [3.8, 4) is 16.9 Å². The molecular formula is C22H22N4O2. The minimum absolute atomic E-state index is 0.155. The number of anilines is 2. The van der Waals surface area contributed by atoms with E-state index in [1.54, 1.807) is 7.11 Å². The summed E-state index contributed by atoms with van der Waals surface area (Å²) in [4.78, 5) is 23.6. The molecule has 28 heavy (non-hydrogen) atoms. The SMILES string of the molecule is COc1ccc(NC(=O)c2ccc(-c3cnc(N4CCCC4)nc3)cc2)cc1. The van der Waals surface area contributed by atoms with Gasteiger partial charge in [0, 0.05) is 42.3 Å². The van der Waals surface area contributed by atoms with E-state index in [1.165, 1.54) is 12.8 Å². The van der Waals surface area contributed by atoms with Crippen molar-refractivity contribution >= 4 is 17.5 Å². The van der Waals surface area contributed by atoms with Gasteiger partial charge in [0.05, 0.1) is 7.11 Å². The normalized spacial score (nSPS) is 13.4. The highest BCUT2D eigenvalue weighted by Gasteiger charge is 2.14. The molecule has 4 rings (SSSR count). The van der Waals surface area contributed by atoms with E-state index in [4.69, 9.17) is 4.74 Å². The Balaban J connectivity index is 1.43. The molecule has 0 bridgehead atoms. The summed E-state index contributed by atoms with van der Waals surface area (Å²) in [6, 6.07) is 14.7. The second kappa shape index (κ2) is 8.08. The number of rotatable bonds is 5. The van der Waals surface area contributed by atoms with E-state index in [9.17, 15) is 4.79 Å². The molecule has 0 saturated carbocycles. The number of nitrogens with zero attached hydrogens (tertiary/aromatic N) is 3. The van der Waals surface area contributed by atoms with Gasteiger partial charge in [-0.3, -0.25) is 4.79 Å². The summed E-state index contributed by atoms with van der Waals surface area (Å²) in [5, 5.41) is 2.88. The zero-order valence-electron chi connectivity index (χ0n) is 15.8. The van der Waals surface area contributed by atoms with Crippen LogP contribution in [0.2, 0.25) is 0 Å². The number of aromatic nitrogens is 2. The molecule has 2 heterocycles. The van der Waals surface area contributed by atoms with Crippen molar-refractivity contribution in [2.75, 3.05) is 30.4 Å². The van der Waals surface area contributed by atoms with E-state index in [0.29, 0.717) is 5.56 Å². The van der Waals surface area contributed by atoms with Gasteiger partial charge in [0.2, 0.25) is 5.95 Å². The molecule has 1 N–H and O–H groups in total. The quantitative estimate of drug-likeness (QED) is 0.731. The van der Waals surface area contributed by atoms with Crippen LogP contribution >= 0.6 is 0 Å². The molecule has 1 aliphatic rings. The average molecular weight is 374 g/mol. The lowest BCUT2D eigenvalue weighted by atomic mass is 10.1. The number of hydrogen-bond donors (Lipinski definition) is 1. The third kappa shape index (κ3) is 3.96. The van der Waals surface area contributed by atoms with Gasteiger partial charge >= 0.3 is 0 Å². The van der Waals surface area contributed by atoms with Crippen LogP contribution in [0.25, 0.3) is 11.1 Å². The summed E-state index contributed by atoms with van der Waals surface area (Å²) in [5.74, 6) is 1.38. The Hall–Kier alpha value is -3.41. The topological polar surface area (TPSA) is 67.3 Å². The molecule has 0 unspecified atom stereocenters. The second-order valence-electron chi connectivity index (χ2n) is 6.73. The first-order valence-corrected chi connectivity index (χ1v) is 9.36. The zero-order valence-corrected chi connectivity index (χ0v) is 15.8. The van der Waals surface area contributed by atoms with E-state index in [0.717, 1.165) is 41.6 Å². The van der Waals surface area contributed by atoms with Gasteiger partial charge in [-0.25, -0.2) is 9.97 Å². The molecule has 6 nitrogen and oxygen atoms in total. The third-order valence-corrected chi connectivity index (χ3v) is 4.86. The number of carbonyl (C=O) groups is 1. The van der Waals surface area contributed by atoms with Crippen molar-refractivity contribution in [2.45, 2.75) is 12.8 Å². The molecule has 3 aromatic rings. The lowest BCUT2D eigenvalue weighted by Crippen LogP contribution is -2.20. The maximum absolute atomic E-state index is 12.4. The Morgan fingerprint density at radius 3 is 2.18 bits per heavy atom. The molecule has 1 fully saturated rings. The van der Waals surface area contributed by atoms with Crippen LogP contribution in [0.5, 0.6) is 5.75 Å². The number of amides is 1. The van der Waals surface area contributed by atoms with Gasteiger partial charge in [0.15, 0.2) is 0 Å². The smallest absolute Gasteiger partial charge is 0.255 e. The van der Waals surface area contributed by atoms with E-state index >= 15 is 0 Å². The summed E-state index contributed by atoms with van der Waals surface area (Å²) in [7, 11) is 1.61. The summed E-state index contributed by atoms with van der Waals surface area (Å²) in [6.07, 6.45) is 6.08. The fourth-order valence-corrected chi connectivity index (χ4v) is 3.24. The Bertz CT molecular complexity index is 932. The van der Waals surface area contributed by atoms with Gasteiger partial charge in [0.1, 0.15) is 5.75 Å². The van der Waals surface area contributed by atoms with Gasteiger partial charge in [-0.1, -0.05) is 12.1 Å². The van der Waals surface area contributed by atoms with Gasteiger partial charge in [-0.2, -0.15) is 0 Å². The van der Waals surface area contributed by atoms with Crippen molar-refractivity contribution in [1.82, 2.24) is 9.97 Å². The maximum atomic E-state index is 12.4. The molecule has 142 valence electrons. The first kappa shape index (κ1) is 18.0. The Labute approximate surface area is 164 Å². The first-order valence-electron chi connectivity index (χ1n) is 9.36. The molecule has 1 aliphatic heterocycles. The molecule has 1 amide bonds. The lowest BCUT2D eigenvalue weighted by Gasteiger charge is -2.14. The van der Waals surface area contributed by atoms with E-state index in [1.807, 2.05) is 60.9 Å². The molecule has 0 radical (unpaired) electrons. The predicted molar refractivity (Wildman–Crippen MR) is 110 cm³/mol. The second-order valence-corrected chi connectivity index (χ2v) is 6.73. The van der Waals surface area contributed by atoms with Crippen LogP contribution in [0.3, 0.4) is 0 Å². The Kier molecular flexibility index (Phi) is 5.19. The van der Waals surface area contributed by atoms with Crippen LogP contribution in [-0.4, -0.2) is 36.1 Å². The highest BCUT2D eigenvalue weighted by Crippen LogP contribution is 2.22. The van der Waals surface area contributed by atoms with Gasteiger partial charge in [0.25, 0.3) is 5.91 Å². The van der Waals surface area contributed by atoms with E-state index < -0.39 is 0 Å². The van der Waals surface area contributed by atoms with Crippen molar-refractivity contribution in [1.29, 1.82) is 0 Å². The summed E-state index contributed by atoms with van der Waals surface area (Å²) >= 11 is 0. The van der Waals surface area contributed by atoms with E-state index in [2.05, 4.69) is 20.2 Å². The van der Waals surface area contributed by atoms with Crippen LogP contribution in [0.1, 0.15) is 23.2 Å². The highest BCUT2D eigenvalue weighted by atomic mass is 16.5. The number of methoxy groups -OCH3 is 1. The zero-order chi connectivity index (χ0) is 19.3. The predicted octanol–water partition coefficient (Wildman–Crippen LogP) is 4.00. The average Bonchev–Trinajstić information content (AvgIpc) is 3.29. The van der Waals surface area contributed by atoms with Gasteiger partial charge in [-0.05, 0) is 54.8 Å². The molecule has 2 aromatic carbocycles. The number of nitrogens with one attached hydrogen (secondary N) is 1. The fraction of sp³-hybridized carbons (Fsp3) is 0.227. The van der Waals surface area contributed by atoms with Crippen LogP contribution in [-0.2, 0) is 0 Å². The van der Waals surface area contributed by atoms with Crippen LogP contribution in [0.4, 0.5) is 11.6 Å². The first-order chi connectivity index (χ1) is 13.7. The summed E-state index contributed by atoms with van der Waals surface area (Å²) < 4.78 is 5.12. The summed E-state index contributed by atoms with van der Waals surface area (Å²) in [5.41, 5.74) is 3.23. The van der Waals surface area contributed by atoms with E-state index in [-0.39, 0.29) is 5.91 Å². The van der Waals surface area contributed by atoms with Crippen molar-refractivity contribution in [2.24, 2.45) is 0 Å². The van der Waals surface area contributed by atoms with Crippen LogP contribution < -0.4 is 15.0 Å². The molecule has 1 aromatic heterocycles. The highest BCUT2D eigenvalue weighted by molar-refractivity contribution is 6.04. The van der Waals surface area contributed by atoms with Gasteiger partial charge in [-0.15, -0.1) is 0 Å². The third-order valence-electron chi connectivity index (χ3n) is 4.86. The molecule has 1 saturated heterocycles. The van der Waals surface area contributed by atoms with Gasteiger partial charge < -0.3 is 15.0 Å². The van der Waals surface area contributed by atoms with Crippen molar-refractivity contribution < 1.29 is 9.53 Å². The largest absolute Gasteiger partial charge is 0.497 e. The Morgan fingerprint density at radius 1 is 0.929 bits per heavy atom. The van der Waals surface area contributed by atoms with Crippen LogP contribution in [0, 0.1) is 0 Å². The number of benzene rings is 2. The molecule has 0 aliphatic carbocycles. The standard InChI is InChI=1S/C22H22N4O2/c1-28-20-10-8-19(9-11-20)25-21(27)17-6-4-16(5-7-17)18-14-23-22(24-15-18)26-12-2-3-13-26/h4-11,14-15H,2-3,12-13H2,1H3,(H,25,27). The molecular weight excluding hydrogens is 352 g/mol. The minimum atomic E-state index is -0.155. The lowest BCUT2D eigenvalue weighted by molar-refractivity contribution is 0.102. The number of ether oxygens (including phenoxy) is 1. The maximum Gasteiger partial charge on any atom is 0.255 e.